The zero-order valence-corrected chi connectivity index (χ0v) is 9.36. The lowest BCUT2D eigenvalue weighted by Crippen LogP contribution is -2.37. The van der Waals surface area contributed by atoms with Crippen molar-refractivity contribution in [2.45, 2.75) is 24.8 Å². The summed E-state index contributed by atoms with van der Waals surface area (Å²) < 4.78 is 40.8. The van der Waals surface area contributed by atoms with E-state index in [2.05, 4.69) is 0 Å². The molecule has 0 amide bonds. The van der Waals surface area contributed by atoms with E-state index in [0.717, 1.165) is 0 Å². The van der Waals surface area contributed by atoms with Crippen molar-refractivity contribution in [1.29, 1.82) is 0 Å². The van der Waals surface area contributed by atoms with Crippen LogP contribution in [0.25, 0.3) is 0 Å². The monoisotopic (exact) mass is 258 g/mol. The van der Waals surface area contributed by atoms with E-state index in [9.17, 15) is 18.0 Å². The Labute approximate surface area is 95.3 Å². The molecule has 0 atom stereocenters. The Morgan fingerprint density at radius 3 is 2.38 bits per heavy atom. The number of carboxylic acid groups (broad SMARTS) is 1. The van der Waals surface area contributed by atoms with Crippen molar-refractivity contribution in [2.75, 3.05) is 19.0 Å². The number of carboxylic acids is 1. The predicted molar refractivity (Wildman–Crippen MR) is 53.3 cm³/mol. The number of ether oxygens (including phenoxy) is 1. The molecule has 1 saturated heterocycles. The second-order valence-corrected chi connectivity index (χ2v) is 4.90. The van der Waals surface area contributed by atoms with Crippen molar-refractivity contribution >= 4 is 17.7 Å². The van der Waals surface area contributed by atoms with Crippen molar-refractivity contribution in [2.24, 2.45) is 5.41 Å². The van der Waals surface area contributed by atoms with Crippen LogP contribution >= 0.6 is 11.8 Å². The molecular formula is C9H13F3O3S. The van der Waals surface area contributed by atoms with Gasteiger partial charge in [0.25, 0.3) is 0 Å². The van der Waals surface area contributed by atoms with Crippen LogP contribution in [-0.2, 0) is 9.53 Å². The lowest BCUT2D eigenvalue weighted by Gasteiger charge is -2.33. The van der Waals surface area contributed by atoms with Crippen LogP contribution in [-0.4, -0.2) is 35.6 Å². The van der Waals surface area contributed by atoms with E-state index in [-0.39, 0.29) is 23.9 Å². The van der Waals surface area contributed by atoms with Crippen molar-refractivity contribution in [3.8, 4) is 0 Å². The minimum atomic E-state index is -4.29. The van der Waals surface area contributed by atoms with Gasteiger partial charge >= 0.3 is 11.5 Å². The van der Waals surface area contributed by atoms with E-state index in [1.807, 2.05) is 0 Å². The number of rotatable bonds is 4. The Balaban J connectivity index is 2.48. The van der Waals surface area contributed by atoms with Gasteiger partial charge in [-0.3, -0.25) is 4.79 Å². The first-order valence-corrected chi connectivity index (χ1v) is 5.86. The van der Waals surface area contributed by atoms with Crippen LogP contribution in [0.2, 0.25) is 0 Å². The van der Waals surface area contributed by atoms with Gasteiger partial charge in [0.1, 0.15) is 0 Å². The minimum Gasteiger partial charge on any atom is -0.481 e. The smallest absolute Gasteiger partial charge is 0.441 e. The van der Waals surface area contributed by atoms with Gasteiger partial charge in [0.15, 0.2) is 0 Å². The van der Waals surface area contributed by atoms with Gasteiger partial charge in [0.05, 0.1) is 5.41 Å². The minimum absolute atomic E-state index is 0.0376. The summed E-state index contributed by atoms with van der Waals surface area (Å²) in [6.45, 7) is 0.617. The Morgan fingerprint density at radius 1 is 1.38 bits per heavy atom. The molecule has 1 N–H and O–H groups in total. The zero-order valence-electron chi connectivity index (χ0n) is 8.55. The third kappa shape index (κ3) is 3.86. The third-order valence-electron chi connectivity index (χ3n) is 2.75. The number of thioether (sulfide) groups is 1. The van der Waals surface area contributed by atoms with Crippen LogP contribution in [0.15, 0.2) is 0 Å². The fourth-order valence-corrected chi connectivity index (χ4v) is 2.42. The summed E-state index contributed by atoms with van der Waals surface area (Å²) in [4.78, 5) is 11.1. The number of hydrogen-bond donors (Lipinski definition) is 1. The molecule has 94 valence electrons. The highest BCUT2D eigenvalue weighted by Crippen LogP contribution is 2.38. The van der Waals surface area contributed by atoms with Crippen LogP contribution < -0.4 is 0 Å². The predicted octanol–water partition coefficient (Wildman–Crippen LogP) is 2.51. The molecule has 0 spiro atoms. The van der Waals surface area contributed by atoms with Gasteiger partial charge < -0.3 is 9.84 Å². The summed E-state index contributed by atoms with van der Waals surface area (Å²) in [5.41, 5.74) is -5.32. The zero-order chi connectivity index (χ0) is 12.2. The molecule has 0 aromatic rings. The highest BCUT2D eigenvalue weighted by molar-refractivity contribution is 8.00. The highest BCUT2D eigenvalue weighted by Gasteiger charge is 2.40. The van der Waals surface area contributed by atoms with Gasteiger partial charge in [-0.05, 0) is 19.3 Å². The van der Waals surface area contributed by atoms with Gasteiger partial charge in [-0.1, -0.05) is 11.8 Å². The maximum Gasteiger partial charge on any atom is 0.441 e. The largest absolute Gasteiger partial charge is 0.481 e. The molecule has 16 heavy (non-hydrogen) atoms. The number of alkyl halides is 3. The van der Waals surface area contributed by atoms with Gasteiger partial charge in [0, 0.05) is 19.0 Å². The standard InChI is InChI=1S/C9H13F3O3S/c10-9(11,12)16-6-3-8(7(13)14)1-4-15-5-2-8/h1-6H2,(H,13,14). The van der Waals surface area contributed by atoms with Crippen molar-refractivity contribution in [3.05, 3.63) is 0 Å². The summed E-state index contributed by atoms with van der Waals surface area (Å²) in [7, 11) is 0. The third-order valence-corrected chi connectivity index (χ3v) is 3.49. The first kappa shape index (κ1) is 13.6. The second kappa shape index (κ2) is 5.27. The lowest BCUT2D eigenvalue weighted by molar-refractivity contribution is -0.155. The summed E-state index contributed by atoms with van der Waals surface area (Å²) >= 11 is -0.161. The van der Waals surface area contributed by atoms with Crippen LogP contribution in [0.3, 0.4) is 0 Å². The summed E-state index contributed by atoms with van der Waals surface area (Å²) in [6, 6.07) is 0. The number of carbonyl (C=O) groups is 1. The Hall–Kier alpha value is -0.430. The molecule has 0 aliphatic carbocycles. The van der Waals surface area contributed by atoms with Crippen LogP contribution in [0, 0.1) is 5.41 Å². The average Bonchev–Trinajstić information content (AvgIpc) is 2.17. The number of hydrogen-bond acceptors (Lipinski definition) is 3. The first-order chi connectivity index (χ1) is 7.36. The lowest BCUT2D eigenvalue weighted by atomic mass is 9.78. The quantitative estimate of drug-likeness (QED) is 0.841. The molecule has 7 heteroatoms. The molecule has 1 fully saturated rings. The van der Waals surface area contributed by atoms with E-state index in [1.165, 1.54) is 0 Å². The molecule has 0 bridgehead atoms. The van der Waals surface area contributed by atoms with Crippen molar-refractivity contribution in [1.82, 2.24) is 0 Å². The molecule has 1 aliphatic heterocycles. The Bertz CT molecular complexity index is 249. The van der Waals surface area contributed by atoms with E-state index in [4.69, 9.17) is 9.84 Å². The molecule has 1 aliphatic rings. The molecule has 1 heterocycles. The Kier molecular flexibility index (Phi) is 4.49. The fraction of sp³-hybridized carbons (Fsp3) is 0.889. The molecule has 0 aromatic carbocycles. The van der Waals surface area contributed by atoms with Gasteiger partial charge in [-0.25, -0.2) is 0 Å². The normalized spacial score (nSPS) is 20.7. The SMILES string of the molecule is O=C(O)C1(CCSC(F)(F)F)CCOCC1. The van der Waals surface area contributed by atoms with Gasteiger partial charge in [-0.2, -0.15) is 13.2 Å². The highest BCUT2D eigenvalue weighted by atomic mass is 32.2. The summed E-state index contributed by atoms with van der Waals surface area (Å²) in [5.74, 6) is -1.23. The van der Waals surface area contributed by atoms with Crippen molar-refractivity contribution < 1.29 is 27.8 Å². The summed E-state index contributed by atoms with van der Waals surface area (Å²) in [6.07, 6.45) is 0.622. The van der Waals surface area contributed by atoms with E-state index in [1.54, 1.807) is 0 Å². The van der Waals surface area contributed by atoms with E-state index < -0.39 is 16.9 Å². The van der Waals surface area contributed by atoms with E-state index >= 15 is 0 Å². The average molecular weight is 258 g/mol. The first-order valence-electron chi connectivity index (χ1n) is 4.88. The van der Waals surface area contributed by atoms with Crippen molar-refractivity contribution in [3.63, 3.8) is 0 Å². The molecular weight excluding hydrogens is 245 g/mol. The number of aliphatic carboxylic acids is 1. The van der Waals surface area contributed by atoms with Gasteiger partial charge in [-0.15, -0.1) is 0 Å². The maximum atomic E-state index is 11.9. The molecule has 0 saturated carbocycles. The molecule has 0 radical (unpaired) electrons. The van der Waals surface area contributed by atoms with E-state index in [0.29, 0.717) is 26.1 Å². The topological polar surface area (TPSA) is 46.5 Å². The molecule has 1 rings (SSSR count). The van der Waals surface area contributed by atoms with Crippen LogP contribution in [0.5, 0.6) is 0 Å². The van der Waals surface area contributed by atoms with Gasteiger partial charge in [0.2, 0.25) is 0 Å². The maximum absolute atomic E-state index is 11.9. The van der Waals surface area contributed by atoms with Crippen LogP contribution in [0.1, 0.15) is 19.3 Å². The van der Waals surface area contributed by atoms with Crippen LogP contribution in [0.4, 0.5) is 13.2 Å². The molecule has 0 aromatic heterocycles. The summed E-state index contributed by atoms with van der Waals surface area (Å²) in [5, 5.41) is 9.07. The number of halogens is 3. The molecule has 0 unspecified atom stereocenters. The molecule has 3 nitrogen and oxygen atoms in total. The second-order valence-electron chi connectivity index (χ2n) is 3.74. The Morgan fingerprint density at radius 2 is 1.94 bits per heavy atom. The fourth-order valence-electron chi connectivity index (χ4n) is 1.70.